The van der Waals surface area contributed by atoms with Crippen LogP contribution in [0.2, 0.25) is 0 Å². The van der Waals surface area contributed by atoms with E-state index in [0.29, 0.717) is 28.7 Å². The fourth-order valence-electron chi connectivity index (χ4n) is 3.38. The molecule has 0 unspecified atom stereocenters. The third-order valence-corrected chi connectivity index (χ3v) is 4.59. The Morgan fingerprint density at radius 1 is 0.654 bits per heavy atom. The van der Waals surface area contributed by atoms with Crippen molar-refractivity contribution in [3.05, 3.63) is 72.8 Å². The number of hydrogen-bond donors (Lipinski definition) is 2. The Bertz CT molecular complexity index is 1170. The van der Waals surface area contributed by atoms with Crippen LogP contribution < -0.4 is 15.2 Å². The molecule has 4 heteroatoms. The molecule has 26 heavy (non-hydrogen) atoms. The Morgan fingerprint density at radius 2 is 1.42 bits per heavy atom. The molecule has 126 valence electrons. The molecule has 0 radical (unpaired) electrons. The second kappa shape index (κ2) is 5.43. The lowest BCUT2D eigenvalue weighted by molar-refractivity contribution is 0.340. The lowest BCUT2D eigenvalue weighted by Gasteiger charge is -2.23. The number of para-hydroxylation sites is 2. The van der Waals surface area contributed by atoms with Crippen LogP contribution in [0.25, 0.3) is 21.9 Å². The quantitative estimate of drug-likeness (QED) is 0.384. The lowest BCUT2D eigenvalue weighted by atomic mass is 9.96. The first-order valence-electron chi connectivity index (χ1n) is 8.30. The van der Waals surface area contributed by atoms with Crippen LogP contribution in [0.5, 0.6) is 28.7 Å². The van der Waals surface area contributed by atoms with Gasteiger partial charge in [-0.3, -0.25) is 0 Å². The van der Waals surface area contributed by atoms with Gasteiger partial charge in [0, 0.05) is 16.6 Å². The van der Waals surface area contributed by atoms with Crippen LogP contribution in [-0.2, 0) is 0 Å². The number of anilines is 1. The molecule has 5 rings (SSSR count). The first-order valence-corrected chi connectivity index (χ1v) is 8.30. The monoisotopic (exact) mass is 341 g/mol. The van der Waals surface area contributed by atoms with Crippen LogP contribution in [0.15, 0.2) is 72.8 Å². The van der Waals surface area contributed by atoms with Gasteiger partial charge in [-0.25, -0.2) is 0 Å². The molecule has 4 nitrogen and oxygen atoms in total. The Kier molecular flexibility index (Phi) is 3.06. The number of aromatic hydroxyl groups is 1. The molecule has 1 aliphatic rings. The Balaban J connectivity index is 1.81. The molecule has 3 N–H and O–H groups in total. The lowest BCUT2D eigenvalue weighted by Crippen LogP contribution is -2.00. The standard InChI is InChI=1S/C22H15NO3/c23-16-8-2-1-6-14(16)15-7-3-5-13-11-12-19-22(20(13)15)26-21-17(24)9-4-10-18(21)25-19/h1-12,24H,23H2. The van der Waals surface area contributed by atoms with Crippen LogP contribution in [0.1, 0.15) is 0 Å². The van der Waals surface area contributed by atoms with Crippen molar-refractivity contribution < 1.29 is 14.6 Å². The largest absolute Gasteiger partial charge is 0.504 e. The molecule has 0 spiro atoms. The van der Waals surface area contributed by atoms with Crippen LogP contribution in [0, 0.1) is 0 Å². The number of rotatable bonds is 1. The average molecular weight is 341 g/mol. The fourth-order valence-corrected chi connectivity index (χ4v) is 3.38. The molecule has 0 amide bonds. The topological polar surface area (TPSA) is 64.7 Å². The average Bonchev–Trinajstić information content (AvgIpc) is 2.67. The zero-order valence-corrected chi connectivity index (χ0v) is 13.8. The SMILES string of the molecule is Nc1ccccc1-c1cccc2ccc3c(c12)Oc1c(O)cccc1O3. The van der Waals surface area contributed by atoms with Gasteiger partial charge < -0.3 is 20.3 Å². The van der Waals surface area contributed by atoms with Crippen LogP contribution in [0.4, 0.5) is 5.69 Å². The Labute approximate surface area is 150 Å². The maximum atomic E-state index is 10.2. The van der Waals surface area contributed by atoms with E-state index in [2.05, 4.69) is 0 Å². The smallest absolute Gasteiger partial charge is 0.211 e. The molecule has 0 atom stereocenters. The van der Waals surface area contributed by atoms with Gasteiger partial charge in [-0.1, -0.05) is 48.5 Å². The van der Waals surface area contributed by atoms with E-state index >= 15 is 0 Å². The molecule has 1 aliphatic heterocycles. The third kappa shape index (κ3) is 2.09. The number of ether oxygens (including phenoxy) is 2. The Hall–Kier alpha value is -3.66. The summed E-state index contributed by atoms with van der Waals surface area (Å²) in [5, 5.41) is 12.1. The van der Waals surface area contributed by atoms with E-state index in [1.807, 2.05) is 54.6 Å². The summed E-state index contributed by atoms with van der Waals surface area (Å²) in [5.41, 5.74) is 8.79. The number of benzene rings is 4. The van der Waals surface area contributed by atoms with E-state index in [1.54, 1.807) is 18.2 Å². The molecule has 1 heterocycles. The summed E-state index contributed by atoms with van der Waals surface area (Å²) in [5.74, 6) is 2.05. The molecule has 4 aromatic carbocycles. The minimum absolute atomic E-state index is 0.0434. The van der Waals surface area contributed by atoms with E-state index in [0.717, 1.165) is 21.9 Å². The van der Waals surface area contributed by atoms with Crippen molar-refractivity contribution in [1.29, 1.82) is 0 Å². The zero-order valence-electron chi connectivity index (χ0n) is 13.8. The maximum absolute atomic E-state index is 10.2. The van der Waals surface area contributed by atoms with Crippen molar-refractivity contribution in [3.8, 4) is 39.9 Å². The van der Waals surface area contributed by atoms with Crippen molar-refractivity contribution >= 4 is 16.5 Å². The number of phenolic OH excluding ortho intramolecular Hbond substituents is 1. The van der Waals surface area contributed by atoms with Gasteiger partial charge in [0.2, 0.25) is 5.75 Å². The molecule has 0 aliphatic carbocycles. The fraction of sp³-hybridized carbons (Fsp3) is 0. The normalized spacial score (nSPS) is 12.0. The van der Waals surface area contributed by atoms with Gasteiger partial charge in [-0.05, 0) is 35.2 Å². The van der Waals surface area contributed by atoms with Crippen molar-refractivity contribution in [1.82, 2.24) is 0 Å². The van der Waals surface area contributed by atoms with Gasteiger partial charge in [0.1, 0.15) is 0 Å². The molecule has 0 saturated carbocycles. The summed E-state index contributed by atoms with van der Waals surface area (Å²) >= 11 is 0. The summed E-state index contributed by atoms with van der Waals surface area (Å²) < 4.78 is 12.1. The first-order chi connectivity index (χ1) is 12.7. The zero-order chi connectivity index (χ0) is 17.7. The Morgan fingerprint density at radius 3 is 2.31 bits per heavy atom. The van der Waals surface area contributed by atoms with Gasteiger partial charge >= 0.3 is 0 Å². The maximum Gasteiger partial charge on any atom is 0.211 e. The minimum Gasteiger partial charge on any atom is -0.504 e. The second-order valence-electron chi connectivity index (χ2n) is 6.19. The van der Waals surface area contributed by atoms with Crippen LogP contribution in [-0.4, -0.2) is 5.11 Å². The van der Waals surface area contributed by atoms with Crippen molar-refractivity contribution in [2.45, 2.75) is 0 Å². The van der Waals surface area contributed by atoms with Gasteiger partial charge in [0.15, 0.2) is 23.0 Å². The van der Waals surface area contributed by atoms with Crippen molar-refractivity contribution in [3.63, 3.8) is 0 Å². The van der Waals surface area contributed by atoms with Crippen LogP contribution in [0.3, 0.4) is 0 Å². The summed E-state index contributed by atoms with van der Waals surface area (Å²) in [7, 11) is 0. The number of nitrogens with two attached hydrogens (primary N) is 1. The highest BCUT2D eigenvalue weighted by Gasteiger charge is 2.25. The van der Waals surface area contributed by atoms with Crippen molar-refractivity contribution in [2.75, 3.05) is 5.73 Å². The highest BCUT2D eigenvalue weighted by molar-refractivity contribution is 6.04. The summed E-state index contributed by atoms with van der Waals surface area (Å²) in [6, 6.07) is 22.7. The highest BCUT2D eigenvalue weighted by atomic mass is 16.6. The van der Waals surface area contributed by atoms with E-state index in [9.17, 15) is 5.11 Å². The molecule has 0 saturated heterocycles. The van der Waals surface area contributed by atoms with Gasteiger partial charge in [0.25, 0.3) is 0 Å². The highest BCUT2D eigenvalue weighted by Crippen LogP contribution is 2.53. The third-order valence-electron chi connectivity index (χ3n) is 4.59. The van der Waals surface area contributed by atoms with E-state index < -0.39 is 0 Å². The molecule has 0 aromatic heterocycles. The summed E-state index contributed by atoms with van der Waals surface area (Å²) in [6.45, 7) is 0. The van der Waals surface area contributed by atoms with Gasteiger partial charge in [-0.15, -0.1) is 0 Å². The number of phenols is 1. The van der Waals surface area contributed by atoms with Crippen molar-refractivity contribution in [2.24, 2.45) is 0 Å². The predicted molar refractivity (Wildman–Crippen MR) is 102 cm³/mol. The molecule has 0 fully saturated rings. The number of fused-ring (bicyclic) bond motifs is 4. The molecular formula is C22H15NO3. The van der Waals surface area contributed by atoms with E-state index in [1.165, 1.54) is 0 Å². The first kappa shape index (κ1) is 14.7. The van der Waals surface area contributed by atoms with E-state index in [-0.39, 0.29) is 5.75 Å². The molecule has 0 bridgehead atoms. The van der Waals surface area contributed by atoms with Gasteiger partial charge in [-0.2, -0.15) is 0 Å². The molecular weight excluding hydrogens is 326 g/mol. The number of nitrogen functional groups attached to an aromatic ring is 1. The van der Waals surface area contributed by atoms with Gasteiger partial charge in [0.05, 0.1) is 0 Å². The second-order valence-corrected chi connectivity index (χ2v) is 6.19. The minimum atomic E-state index is 0.0434. The number of hydrogen-bond acceptors (Lipinski definition) is 4. The summed E-state index contributed by atoms with van der Waals surface area (Å²) in [4.78, 5) is 0. The predicted octanol–water partition coefficient (Wildman–Crippen LogP) is 5.69. The van der Waals surface area contributed by atoms with Crippen LogP contribution >= 0.6 is 0 Å². The summed E-state index contributed by atoms with van der Waals surface area (Å²) in [6.07, 6.45) is 0. The van der Waals surface area contributed by atoms with E-state index in [4.69, 9.17) is 15.2 Å². The molecule has 4 aromatic rings.